The molecular weight excluding hydrogens is 236 g/mol. The molecule has 0 amide bonds. The van der Waals surface area contributed by atoms with Gasteiger partial charge in [0.05, 0.1) is 24.7 Å². The highest BCUT2D eigenvalue weighted by molar-refractivity contribution is 5.69. The number of rotatable bonds is 2. The highest BCUT2D eigenvalue weighted by Crippen LogP contribution is 2.38. The van der Waals surface area contributed by atoms with Gasteiger partial charge in [-0.3, -0.25) is 9.97 Å². The van der Waals surface area contributed by atoms with Gasteiger partial charge in [-0.15, -0.1) is 0 Å². The number of aromatic nitrogens is 2. The third kappa shape index (κ3) is 2.75. The van der Waals surface area contributed by atoms with Crippen LogP contribution in [0.4, 0.5) is 0 Å². The molecule has 0 saturated heterocycles. The van der Waals surface area contributed by atoms with Crippen molar-refractivity contribution in [3.05, 3.63) is 41.9 Å². The van der Waals surface area contributed by atoms with Crippen LogP contribution in [0.2, 0.25) is 0 Å². The van der Waals surface area contributed by atoms with Gasteiger partial charge >= 0.3 is 0 Å². The van der Waals surface area contributed by atoms with Gasteiger partial charge in [-0.25, -0.2) is 0 Å². The fourth-order valence-electron chi connectivity index (χ4n) is 2.08. The van der Waals surface area contributed by atoms with E-state index in [-0.39, 0.29) is 5.41 Å². The van der Waals surface area contributed by atoms with E-state index in [9.17, 15) is 0 Å². The molecule has 100 valence electrons. The molecule has 0 atom stereocenters. The molecule has 0 fully saturated rings. The lowest BCUT2D eigenvalue weighted by Crippen LogP contribution is -2.13. The predicted octanol–water partition coefficient (Wildman–Crippen LogP) is 3.76. The summed E-state index contributed by atoms with van der Waals surface area (Å²) in [5, 5.41) is 0. The van der Waals surface area contributed by atoms with E-state index in [4.69, 9.17) is 4.74 Å². The van der Waals surface area contributed by atoms with Crippen molar-refractivity contribution in [1.29, 1.82) is 0 Å². The molecule has 1 aromatic heterocycles. The molecule has 0 aliphatic carbocycles. The molecule has 2 rings (SSSR count). The van der Waals surface area contributed by atoms with Gasteiger partial charge in [0.25, 0.3) is 0 Å². The molecule has 0 spiro atoms. The summed E-state index contributed by atoms with van der Waals surface area (Å²) in [5.41, 5.74) is 3.94. The van der Waals surface area contributed by atoms with Gasteiger partial charge in [0.1, 0.15) is 5.75 Å². The summed E-state index contributed by atoms with van der Waals surface area (Å²) >= 11 is 0. The number of benzene rings is 1. The summed E-state index contributed by atoms with van der Waals surface area (Å²) in [7, 11) is 1.70. The Morgan fingerprint density at radius 1 is 1.05 bits per heavy atom. The lowest BCUT2D eigenvalue weighted by atomic mass is 9.85. The number of methoxy groups -OCH3 is 1. The number of para-hydroxylation sites is 1. The van der Waals surface area contributed by atoms with Gasteiger partial charge in [-0.2, -0.15) is 0 Å². The summed E-state index contributed by atoms with van der Waals surface area (Å²) in [5.74, 6) is 0.883. The van der Waals surface area contributed by atoms with Crippen molar-refractivity contribution in [2.45, 2.75) is 33.1 Å². The third-order valence-corrected chi connectivity index (χ3v) is 3.08. The van der Waals surface area contributed by atoms with E-state index < -0.39 is 0 Å². The summed E-state index contributed by atoms with van der Waals surface area (Å²) < 4.78 is 5.62. The Bertz CT molecular complexity index is 568. The molecule has 0 aliphatic rings. The molecule has 2 aromatic rings. The monoisotopic (exact) mass is 256 g/mol. The molecule has 0 saturated carbocycles. The first-order valence-electron chi connectivity index (χ1n) is 6.40. The molecule has 0 N–H and O–H groups in total. The first-order valence-corrected chi connectivity index (χ1v) is 6.40. The molecule has 0 radical (unpaired) electrons. The Labute approximate surface area is 114 Å². The van der Waals surface area contributed by atoms with E-state index in [1.807, 2.05) is 19.1 Å². The second-order valence-corrected chi connectivity index (χ2v) is 5.68. The first-order chi connectivity index (χ1) is 8.93. The van der Waals surface area contributed by atoms with Crippen LogP contribution in [0, 0.1) is 6.92 Å². The lowest BCUT2D eigenvalue weighted by molar-refractivity contribution is 0.399. The Morgan fingerprint density at radius 2 is 1.79 bits per heavy atom. The Morgan fingerprint density at radius 3 is 2.32 bits per heavy atom. The van der Waals surface area contributed by atoms with Crippen molar-refractivity contribution in [1.82, 2.24) is 9.97 Å². The van der Waals surface area contributed by atoms with Gasteiger partial charge in [0.15, 0.2) is 0 Å². The second kappa shape index (κ2) is 5.00. The van der Waals surface area contributed by atoms with Crippen LogP contribution in [-0.4, -0.2) is 17.1 Å². The van der Waals surface area contributed by atoms with Crippen molar-refractivity contribution in [3.63, 3.8) is 0 Å². The number of hydrogen-bond donors (Lipinski definition) is 0. The average Bonchev–Trinajstić information content (AvgIpc) is 2.37. The van der Waals surface area contributed by atoms with Crippen LogP contribution in [-0.2, 0) is 5.41 Å². The molecule has 0 unspecified atom stereocenters. The minimum atomic E-state index is 0.0273. The summed E-state index contributed by atoms with van der Waals surface area (Å²) in [6.45, 7) is 8.46. The highest BCUT2D eigenvalue weighted by atomic mass is 16.5. The minimum Gasteiger partial charge on any atom is -0.496 e. The maximum absolute atomic E-state index is 5.62. The van der Waals surface area contributed by atoms with Gasteiger partial charge in [0, 0.05) is 17.3 Å². The first kappa shape index (κ1) is 13.5. The Balaban J connectivity index is 2.61. The van der Waals surface area contributed by atoms with Crippen LogP contribution in [0.5, 0.6) is 5.75 Å². The number of ether oxygens (including phenoxy) is 1. The summed E-state index contributed by atoms with van der Waals surface area (Å²) in [6.07, 6.45) is 3.57. The quantitative estimate of drug-likeness (QED) is 0.820. The predicted molar refractivity (Wildman–Crippen MR) is 77.5 cm³/mol. The minimum absolute atomic E-state index is 0.0273. The SMILES string of the molecule is COc1c(-c2cnc(C)cn2)cccc1C(C)(C)C. The molecule has 0 bridgehead atoms. The van der Waals surface area contributed by atoms with Crippen LogP contribution < -0.4 is 4.74 Å². The van der Waals surface area contributed by atoms with E-state index in [0.717, 1.165) is 22.7 Å². The summed E-state index contributed by atoms with van der Waals surface area (Å²) in [4.78, 5) is 8.74. The topological polar surface area (TPSA) is 35.0 Å². The second-order valence-electron chi connectivity index (χ2n) is 5.68. The molecule has 0 aliphatic heterocycles. The van der Waals surface area contributed by atoms with E-state index >= 15 is 0 Å². The van der Waals surface area contributed by atoms with Crippen molar-refractivity contribution in [3.8, 4) is 17.0 Å². The Hall–Kier alpha value is -1.90. The van der Waals surface area contributed by atoms with Crippen LogP contribution >= 0.6 is 0 Å². The number of aryl methyl sites for hydroxylation is 1. The molecule has 1 aromatic carbocycles. The van der Waals surface area contributed by atoms with Crippen LogP contribution in [0.15, 0.2) is 30.6 Å². The number of hydrogen-bond acceptors (Lipinski definition) is 3. The number of nitrogens with zero attached hydrogens (tertiary/aromatic N) is 2. The van der Waals surface area contributed by atoms with Crippen LogP contribution in [0.1, 0.15) is 32.0 Å². The van der Waals surface area contributed by atoms with E-state index in [1.165, 1.54) is 5.56 Å². The maximum atomic E-state index is 5.62. The zero-order valence-corrected chi connectivity index (χ0v) is 12.2. The fraction of sp³-hybridized carbons (Fsp3) is 0.375. The fourth-order valence-corrected chi connectivity index (χ4v) is 2.08. The zero-order valence-electron chi connectivity index (χ0n) is 12.2. The zero-order chi connectivity index (χ0) is 14.0. The average molecular weight is 256 g/mol. The van der Waals surface area contributed by atoms with Crippen molar-refractivity contribution >= 4 is 0 Å². The highest BCUT2D eigenvalue weighted by Gasteiger charge is 2.21. The molecule has 19 heavy (non-hydrogen) atoms. The van der Waals surface area contributed by atoms with Gasteiger partial charge in [-0.05, 0) is 18.4 Å². The van der Waals surface area contributed by atoms with E-state index in [2.05, 4.69) is 36.8 Å². The third-order valence-electron chi connectivity index (χ3n) is 3.08. The van der Waals surface area contributed by atoms with Crippen molar-refractivity contribution in [2.24, 2.45) is 0 Å². The largest absolute Gasteiger partial charge is 0.496 e. The summed E-state index contributed by atoms with van der Waals surface area (Å²) in [6, 6.07) is 6.16. The van der Waals surface area contributed by atoms with E-state index in [0.29, 0.717) is 0 Å². The lowest BCUT2D eigenvalue weighted by Gasteiger charge is -2.23. The van der Waals surface area contributed by atoms with Crippen LogP contribution in [0.25, 0.3) is 11.3 Å². The van der Waals surface area contributed by atoms with Crippen molar-refractivity contribution < 1.29 is 4.74 Å². The van der Waals surface area contributed by atoms with Gasteiger partial charge in [-0.1, -0.05) is 32.9 Å². The molecule has 1 heterocycles. The smallest absolute Gasteiger partial charge is 0.132 e. The molecular formula is C16H20N2O. The normalized spacial score (nSPS) is 11.4. The van der Waals surface area contributed by atoms with Gasteiger partial charge < -0.3 is 4.74 Å². The van der Waals surface area contributed by atoms with Gasteiger partial charge in [0.2, 0.25) is 0 Å². The molecule has 3 nitrogen and oxygen atoms in total. The van der Waals surface area contributed by atoms with Crippen LogP contribution in [0.3, 0.4) is 0 Å². The van der Waals surface area contributed by atoms with Crippen molar-refractivity contribution in [2.75, 3.05) is 7.11 Å². The molecule has 3 heteroatoms. The Kier molecular flexibility index (Phi) is 3.56. The maximum Gasteiger partial charge on any atom is 0.132 e. The standard InChI is InChI=1S/C16H20N2O/c1-11-9-18-14(10-17-11)12-7-6-8-13(15(12)19-5)16(2,3)4/h6-10H,1-5H3. The van der Waals surface area contributed by atoms with E-state index in [1.54, 1.807) is 19.5 Å².